The maximum Gasteiger partial charge on any atom is 0.317 e. The van der Waals surface area contributed by atoms with Crippen molar-refractivity contribution in [2.75, 3.05) is 0 Å². The summed E-state index contributed by atoms with van der Waals surface area (Å²) in [6.45, 7) is 0. The van der Waals surface area contributed by atoms with E-state index in [9.17, 15) is 13.6 Å². The van der Waals surface area contributed by atoms with Gasteiger partial charge in [-0.2, -0.15) is 8.78 Å². The summed E-state index contributed by atoms with van der Waals surface area (Å²) in [5.41, 5.74) is 0. The highest BCUT2D eigenvalue weighted by atomic mass is 35.5. The molecule has 0 saturated heterocycles. The van der Waals surface area contributed by atoms with Gasteiger partial charge in [-0.05, 0) is 0 Å². The Kier molecular flexibility index (Phi) is 4.47. The molecule has 0 heterocycles. The number of nitrogens with zero attached hydrogens (tertiary/aromatic N) is 1. The maximum atomic E-state index is 11.3. The number of hydrogen-bond acceptors (Lipinski definition) is 1. The second-order valence-electron chi connectivity index (χ2n) is 1.25. The van der Waals surface area contributed by atoms with Gasteiger partial charge >= 0.3 is 12.3 Å². The summed E-state index contributed by atoms with van der Waals surface area (Å²) >= 11 is 10.1. The zero-order valence-electron chi connectivity index (χ0n) is 4.60. The van der Waals surface area contributed by atoms with E-state index in [2.05, 4.69) is 4.99 Å². The Morgan fingerprint density at radius 1 is 1.50 bits per heavy atom. The molecule has 58 valence electrons. The van der Waals surface area contributed by atoms with Crippen LogP contribution < -0.4 is 0 Å². The Morgan fingerprint density at radius 3 is 2.30 bits per heavy atom. The lowest BCUT2D eigenvalue weighted by Gasteiger charge is -1.89. The fourth-order valence-electron chi connectivity index (χ4n) is 0.186. The van der Waals surface area contributed by atoms with Crippen LogP contribution in [0, 0.1) is 0 Å². The van der Waals surface area contributed by atoms with E-state index in [4.69, 9.17) is 23.2 Å². The monoisotopic (exact) mass is 189 g/mol. The molecule has 10 heavy (non-hydrogen) atoms. The molecular weight excluding hydrogens is 187 g/mol. The van der Waals surface area contributed by atoms with Crippen LogP contribution >= 0.6 is 23.2 Å². The minimum Gasteiger partial charge on any atom is -0.266 e. The van der Waals surface area contributed by atoms with Gasteiger partial charge < -0.3 is 0 Å². The number of carbonyl (C=O) groups excluding carboxylic acids is 1. The first-order chi connectivity index (χ1) is 4.54. The molecule has 0 aromatic carbocycles. The zero-order chi connectivity index (χ0) is 8.15. The van der Waals surface area contributed by atoms with Gasteiger partial charge in [-0.3, -0.25) is 4.79 Å². The topological polar surface area (TPSA) is 29.4 Å². The van der Waals surface area contributed by atoms with Crippen molar-refractivity contribution in [1.82, 2.24) is 0 Å². The molecule has 0 aromatic heterocycles. The van der Waals surface area contributed by atoms with Crippen LogP contribution in [0.15, 0.2) is 4.99 Å². The lowest BCUT2D eigenvalue weighted by atomic mass is 10.6. The van der Waals surface area contributed by atoms with Crippen molar-refractivity contribution in [2.45, 2.75) is 11.3 Å². The van der Waals surface area contributed by atoms with Gasteiger partial charge in [0.15, 0.2) is 0 Å². The minimum absolute atomic E-state index is 0.734. The van der Waals surface area contributed by atoms with Crippen molar-refractivity contribution in [2.24, 2.45) is 4.99 Å². The summed E-state index contributed by atoms with van der Waals surface area (Å²) in [6, 6.07) is 0. The number of amides is 1. The molecule has 0 aliphatic heterocycles. The summed E-state index contributed by atoms with van der Waals surface area (Å²) in [4.78, 5) is 11.7. The standard InChI is InChI=1S/C4H3Cl2F2NO/c5-2(6)1-9-4(10)3(7)8/h1-3H. The lowest BCUT2D eigenvalue weighted by molar-refractivity contribution is -0.128. The van der Waals surface area contributed by atoms with E-state index in [1.54, 1.807) is 0 Å². The summed E-state index contributed by atoms with van der Waals surface area (Å²) < 4.78 is 22.7. The number of rotatable bonds is 2. The van der Waals surface area contributed by atoms with Gasteiger partial charge in [0.05, 0.1) is 0 Å². The summed E-state index contributed by atoms with van der Waals surface area (Å²) in [7, 11) is 0. The molecule has 0 aliphatic carbocycles. The molecule has 0 aliphatic rings. The van der Waals surface area contributed by atoms with Gasteiger partial charge in [0.2, 0.25) is 0 Å². The van der Waals surface area contributed by atoms with Crippen molar-refractivity contribution >= 4 is 35.3 Å². The van der Waals surface area contributed by atoms with Gasteiger partial charge in [0, 0.05) is 6.21 Å². The highest BCUT2D eigenvalue weighted by Gasteiger charge is 2.12. The van der Waals surface area contributed by atoms with E-state index >= 15 is 0 Å². The van der Waals surface area contributed by atoms with Crippen LogP contribution in [0.2, 0.25) is 0 Å². The quantitative estimate of drug-likeness (QED) is 0.480. The van der Waals surface area contributed by atoms with Crippen LogP contribution in [0.25, 0.3) is 0 Å². The second-order valence-corrected chi connectivity index (χ2v) is 2.42. The van der Waals surface area contributed by atoms with E-state index in [0.717, 1.165) is 6.21 Å². The third-order valence-corrected chi connectivity index (χ3v) is 0.727. The van der Waals surface area contributed by atoms with Crippen molar-refractivity contribution in [3.63, 3.8) is 0 Å². The third kappa shape index (κ3) is 4.64. The van der Waals surface area contributed by atoms with Crippen LogP contribution in [0.3, 0.4) is 0 Å². The maximum absolute atomic E-state index is 11.3. The SMILES string of the molecule is O=C(N=CC(Cl)Cl)C(F)F. The van der Waals surface area contributed by atoms with Crippen molar-refractivity contribution < 1.29 is 13.6 Å². The van der Waals surface area contributed by atoms with Gasteiger partial charge in [0.25, 0.3) is 0 Å². The van der Waals surface area contributed by atoms with Crippen molar-refractivity contribution in [3.8, 4) is 0 Å². The highest BCUT2D eigenvalue weighted by molar-refractivity contribution is 6.51. The van der Waals surface area contributed by atoms with Crippen LogP contribution in [-0.2, 0) is 4.79 Å². The summed E-state index contributed by atoms with van der Waals surface area (Å²) in [6.07, 6.45) is -2.36. The molecule has 1 amide bonds. The zero-order valence-corrected chi connectivity index (χ0v) is 6.11. The summed E-state index contributed by atoms with van der Waals surface area (Å²) in [5, 5.41) is 0. The average Bonchev–Trinajstić information content (AvgIpc) is 1.82. The highest BCUT2D eigenvalue weighted by Crippen LogP contribution is 1.99. The molecule has 0 N–H and O–H groups in total. The number of alkyl halides is 4. The third-order valence-electron chi connectivity index (χ3n) is 0.501. The minimum atomic E-state index is -3.09. The van der Waals surface area contributed by atoms with E-state index in [1.807, 2.05) is 0 Å². The molecule has 0 radical (unpaired) electrons. The van der Waals surface area contributed by atoms with Gasteiger partial charge in [-0.1, -0.05) is 23.2 Å². The van der Waals surface area contributed by atoms with Crippen LogP contribution in [0.4, 0.5) is 8.78 Å². The molecule has 0 atom stereocenters. The normalized spacial score (nSPS) is 11.8. The fourth-order valence-corrected chi connectivity index (χ4v) is 0.299. The Balaban J connectivity index is 3.79. The molecule has 0 aromatic rings. The first-order valence-electron chi connectivity index (χ1n) is 2.18. The summed E-state index contributed by atoms with van der Waals surface area (Å²) in [5.74, 6) is -1.54. The van der Waals surface area contributed by atoms with Gasteiger partial charge in [0.1, 0.15) is 4.84 Å². The average molecular weight is 190 g/mol. The Bertz CT molecular complexity index is 148. The van der Waals surface area contributed by atoms with Gasteiger partial charge in [-0.25, -0.2) is 4.99 Å². The predicted octanol–water partition coefficient (Wildman–Crippen LogP) is 1.65. The molecule has 0 rings (SSSR count). The predicted molar refractivity (Wildman–Crippen MR) is 35.0 cm³/mol. The number of aliphatic imine (C=N–C) groups is 1. The molecule has 0 fully saturated rings. The molecule has 6 heteroatoms. The second kappa shape index (κ2) is 4.57. The molecule has 0 bridgehead atoms. The van der Waals surface area contributed by atoms with Crippen LogP contribution in [0.1, 0.15) is 0 Å². The lowest BCUT2D eigenvalue weighted by Crippen LogP contribution is -2.07. The van der Waals surface area contributed by atoms with E-state index < -0.39 is 17.2 Å². The van der Waals surface area contributed by atoms with Crippen LogP contribution in [-0.4, -0.2) is 23.4 Å². The molecule has 0 saturated carbocycles. The number of halogens is 4. The first-order valence-corrected chi connectivity index (χ1v) is 3.05. The molecule has 2 nitrogen and oxygen atoms in total. The van der Waals surface area contributed by atoms with Crippen molar-refractivity contribution in [3.05, 3.63) is 0 Å². The van der Waals surface area contributed by atoms with Gasteiger partial charge in [-0.15, -0.1) is 0 Å². The smallest absolute Gasteiger partial charge is 0.266 e. The Morgan fingerprint density at radius 2 is 2.00 bits per heavy atom. The van der Waals surface area contributed by atoms with E-state index in [0.29, 0.717) is 0 Å². The first kappa shape index (κ1) is 9.78. The largest absolute Gasteiger partial charge is 0.317 e. The molecular formula is C4H3Cl2F2NO. The van der Waals surface area contributed by atoms with E-state index in [-0.39, 0.29) is 0 Å². The number of carbonyl (C=O) groups is 1. The Hall–Kier alpha value is -0.220. The van der Waals surface area contributed by atoms with Crippen molar-refractivity contribution in [1.29, 1.82) is 0 Å². The molecule has 0 unspecified atom stereocenters. The van der Waals surface area contributed by atoms with Crippen LogP contribution in [0.5, 0.6) is 0 Å². The van der Waals surface area contributed by atoms with E-state index in [1.165, 1.54) is 0 Å². The Labute approximate surface area is 65.8 Å². The number of hydrogen-bond donors (Lipinski definition) is 0. The fraction of sp³-hybridized carbons (Fsp3) is 0.500. The molecule has 0 spiro atoms.